The van der Waals surface area contributed by atoms with Crippen molar-refractivity contribution >= 4 is 19.4 Å². The molecule has 0 aliphatic heterocycles. The van der Waals surface area contributed by atoms with Crippen molar-refractivity contribution in [2.24, 2.45) is 0 Å². The van der Waals surface area contributed by atoms with E-state index in [4.69, 9.17) is 9.79 Å². The number of carbonyl (C=O) groups is 1. The summed E-state index contributed by atoms with van der Waals surface area (Å²) in [6.45, 7) is 1.49. The predicted molar refractivity (Wildman–Crippen MR) is 88.3 cm³/mol. The average Bonchev–Trinajstić information content (AvgIpc) is 2.53. The third kappa shape index (κ3) is 6.21. The molecular weight excluding hydrogens is 431 g/mol. The first-order valence-electron chi connectivity index (χ1n) is 7.53. The van der Waals surface area contributed by atoms with Crippen LogP contribution in [0.25, 0.3) is 0 Å². The molecule has 0 spiro atoms. The predicted octanol–water partition coefficient (Wildman–Crippen LogP) is 4.76. The maximum absolute atomic E-state index is 12.9. The molecule has 0 saturated carbocycles. The van der Waals surface area contributed by atoms with E-state index in [1.807, 2.05) is 5.32 Å². The van der Waals surface area contributed by atoms with E-state index in [0.29, 0.717) is 17.7 Å². The van der Waals surface area contributed by atoms with Crippen LogP contribution in [0.2, 0.25) is 0 Å². The Morgan fingerprint density at radius 3 is 1.93 bits per heavy atom. The van der Waals surface area contributed by atoms with E-state index in [2.05, 4.69) is 4.52 Å². The molecule has 6 nitrogen and oxygen atoms in total. The molecular formula is C16H12F6NO5P. The van der Waals surface area contributed by atoms with Crippen LogP contribution in [-0.2, 0) is 16.9 Å². The number of rotatable bonds is 4. The zero-order valence-electron chi connectivity index (χ0n) is 14.3. The average molecular weight is 443 g/mol. The maximum atomic E-state index is 12.9. The Kier molecular flexibility index (Phi) is 6.03. The van der Waals surface area contributed by atoms with Gasteiger partial charge in [0.25, 0.3) is 5.91 Å². The highest BCUT2D eigenvalue weighted by molar-refractivity contribution is 7.46. The Balaban J connectivity index is 2.48. The molecule has 0 aromatic heterocycles. The van der Waals surface area contributed by atoms with E-state index < -0.39 is 54.2 Å². The first-order chi connectivity index (χ1) is 13.1. The number of phosphoric ester groups is 1. The molecule has 0 atom stereocenters. The summed E-state index contributed by atoms with van der Waals surface area (Å²) in [7, 11) is -5.09. The molecule has 1 amide bonds. The summed E-state index contributed by atoms with van der Waals surface area (Å²) in [5.41, 5.74) is -4.19. The molecule has 0 fully saturated rings. The van der Waals surface area contributed by atoms with Crippen molar-refractivity contribution in [3.63, 3.8) is 0 Å². The second-order valence-corrected chi connectivity index (χ2v) is 6.99. The van der Waals surface area contributed by atoms with Crippen molar-refractivity contribution in [2.45, 2.75) is 19.3 Å². The van der Waals surface area contributed by atoms with Gasteiger partial charge in [0.05, 0.1) is 16.7 Å². The molecule has 0 radical (unpaired) electrons. The van der Waals surface area contributed by atoms with E-state index in [1.54, 1.807) is 0 Å². The smallest absolute Gasteiger partial charge is 0.403 e. The number of anilines is 1. The third-order valence-electron chi connectivity index (χ3n) is 3.44. The lowest BCUT2D eigenvalue weighted by Crippen LogP contribution is -2.16. The van der Waals surface area contributed by atoms with Crippen molar-refractivity contribution < 1.29 is 50.0 Å². The number of aryl methyl sites for hydroxylation is 1. The lowest BCUT2D eigenvalue weighted by molar-refractivity contribution is -0.143. The molecule has 0 unspecified atom stereocenters. The van der Waals surface area contributed by atoms with Crippen LogP contribution < -0.4 is 9.84 Å². The van der Waals surface area contributed by atoms with E-state index in [-0.39, 0.29) is 6.07 Å². The molecule has 0 aliphatic carbocycles. The molecule has 13 heteroatoms. The first-order valence-corrected chi connectivity index (χ1v) is 9.06. The van der Waals surface area contributed by atoms with Crippen molar-refractivity contribution in [3.8, 4) is 5.75 Å². The highest BCUT2D eigenvalue weighted by Gasteiger charge is 2.37. The van der Waals surface area contributed by atoms with Gasteiger partial charge in [0.1, 0.15) is 5.75 Å². The van der Waals surface area contributed by atoms with Crippen LogP contribution in [0.4, 0.5) is 32.0 Å². The van der Waals surface area contributed by atoms with Gasteiger partial charge in [-0.15, -0.1) is 0 Å². The Labute approximate surface area is 159 Å². The van der Waals surface area contributed by atoms with Crippen LogP contribution in [0.15, 0.2) is 36.4 Å². The number of alkyl halides is 6. The zero-order chi connectivity index (χ0) is 22.2. The van der Waals surface area contributed by atoms with E-state index in [1.165, 1.54) is 13.0 Å². The van der Waals surface area contributed by atoms with Crippen LogP contribution in [0, 0.1) is 6.92 Å². The fraction of sp³-hybridized carbons (Fsp3) is 0.188. The van der Waals surface area contributed by atoms with Crippen LogP contribution >= 0.6 is 7.82 Å². The summed E-state index contributed by atoms with van der Waals surface area (Å²) in [6, 6.07) is 3.94. The topological polar surface area (TPSA) is 95.9 Å². The summed E-state index contributed by atoms with van der Waals surface area (Å²) >= 11 is 0. The quantitative estimate of drug-likeness (QED) is 0.468. The van der Waals surface area contributed by atoms with Crippen molar-refractivity contribution in [2.75, 3.05) is 5.32 Å². The summed E-state index contributed by atoms with van der Waals surface area (Å²) in [5.74, 6) is -1.84. The minimum atomic E-state index is -5.11. The third-order valence-corrected chi connectivity index (χ3v) is 3.88. The number of halogens is 6. The summed E-state index contributed by atoms with van der Waals surface area (Å²) in [6.07, 6.45) is -10.2. The van der Waals surface area contributed by atoms with Gasteiger partial charge in [0.15, 0.2) is 0 Å². The highest BCUT2D eigenvalue weighted by atomic mass is 31.2. The van der Waals surface area contributed by atoms with Crippen molar-refractivity contribution in [1.29, 1.82) is 0 Å². The van der Waals surface area contributed by atoms with Crippen LogP contribution in [-0.4, -0.2) is 15.7 Å². The van der Waals surface area contributed by atoms with Gasteiger partial charge in [-0.1, -0.05) is 11.6 Å². The zero-order valence-corrected chi connectivity index (χ0v) is 15.2. The van der Waals surface area contributed by atoms with E-state index >= 15 is 0 Å². The number of hydrogen-bond acceptors (Lipinski definition) is 3. The van der Waals surface area contributed by atoms with Gasteiger partial charge in [-0.2, -0.15) is 26.3 Å². The fourth-order valence-electron chi connectivity index (χ4n) is 2.25. The van der Waals surface area contributed by atoms with E-state index in [0.717, 1.165) is 12.1 Å². The Hall–Kier alpha value is -2.56. The van der Waals surface area contributed by atoms with Gasteiger partial charge in [0, 0.05) is 5.69 Å². The molecule has 2 aromatic rings. The van der Waals surface area contributed by atoms with Crippen LogP contribution in [0.5, 0.6) is 5.75 Å². The minimum Gasteiger partial charge on any atom is -0.403 e. The van der Waals surface area contributed by atoms with Crippen LogP contribution in [0.3, 0.4) is 0 Å². The molecule has 2 aromatic carbocycles. The van der Waals surface area contributed by atoms with E-state index in [9.17, 15) is 35.7 Å². The molecule has 0 bridgehead atoms. The normalized spacial score (nSPS) is 12.6. The Morgan fingerprint density at radius 2 is 1.48 bits per heavy atom. The number of nitrogens with one attached hydrogen (secondary N) is 1. The van der Waals surface area contributed by atoms with Gasteiger partial charge in [0.2, 0.25) is 0 Å². The van der Waals surface area contributed by atoms with Gasteiger partial charge in [-0.3, -0.25) is 14.6 Å². The minimum absolute atomic E-state index is 0.107. The molecule has 0 heterocycles. The summed E-state index contributed by atoms with van der Waals surface area (Å²) in [4.78, 5) is 30.2. The Bertz CT molecular complexity index is 950. The summed E-state index contributed by atoms with van der Waals surface area (Å²) in [5, 5.41) is 1.86. The van der Waals surface area contributed by atoms with Crippen molar-refractivity contribution in [1.82, 2.24) is 0 Å². The second kappa shape index (κ2) is 7.69. The van der Waals surface area contributed by atoms with Gasteiger partial charge >= 0.3 is 20.2 Å². The number of carbonyl (C=O) groups excluding carboxylic acids is 1. The van der Waals surface area contributed by atoms with Gasteiger partial charge in [-0.05, 0) is 37.3 Å². The molecule has 0 aliphatic rings. The van der Waals surface area contributed by atoms with Crippen molar-refractivity contribution in [3.05, 3.63) is 58.7 Å². The molecule has 29 heavy (non-hydrogen) atoms. The fourth-order valence-corrected chi connectivity index (χ4v) is 2.67. The number of phosphoric acid groups is 1. The summed E-state index contributed by atoms with van der Waals surface area (Å²) < 4.78 is 92.8. The van der Waals surface area contributed by atoms with Gasteiger partial charge < -0.3 is 9.84 Å². The molecule has 158 valence electrons. The first kappa shape index (κ1) is 22.7. The number of hydrogen-bond donors (Lipinski definition) is 3. The Morgan fingerprint density at radius 1 is 0.966 bits per heavy atom. The largest absolute Gasteiger partial charge is 0.524 e. The monoisotopic (exact) mass is 443 g/mol. The lowest BCUT2D eigenvalue weighted by Gasteiger charge is -2.16. The maximum Gasteiger partial charge on any atom is 0.524 e. The lowest BCUT2D eigenvalue weighted by atomic mass is 10.1. The number of amides is 1. The highest BCUT2D eigenvalue weighted by Crippen LogP contribution is 2.40. The van der Waals surface area contributed by atoms with Crippen LogP contribution in [0.1, 0.15) is 27.0 Å². The van der Waals surface area contributed by atoms with Gasteiger partial charge in [-0.25, -0.2) is 4.57 Å². The molecule has 3 N–H and O–H groups in total. The standard InChI is InChI=1S/C16H12F6NO5P/c1-8-2-3-13(28-29(25,26)27)12(4-8)14(24)23-11-6-9(15(17,18)19)5-10(7-11)16(20,21)22/h2-7H,1H3,(H,23,24)(H2,25,26,27). The molecule has 2 rings (SSSR count). The second-order valence-electron chi connectivity index (χ2n) is 5.83. The number of benzene rings is 2. The SMILES string of the molecule is Cc1ccc(OP(=O)(O)O)c(C(=O)Nc2cc(C(F)(F)F)cc(C(F)(F)F)c2)c1. The molecule has 0 saturated heterocycles.